The first-order valence-corrected chi connectivity index (χ1v) is 20.1. The fraction of sp³-hybridized carbons (Fsp3) is 0.0189. The largest absolute Gasteiger partial charge is 0.457 e. The van der Waals surface area contributed by atoms with E-state index in [1.807, 2.05) is 11.3 Å². The molecule has 3 heteroatoms. The average molecular weight is 730 g/mol. The summed E-state index contributed by atoms with van der Waals surface area (Å²) in [5, 5.41) is 7.61. The van der Waals surface area contributed by atoms with Gasteiger partial charge in [0.2, 0.25) is 0 Å². The second-order valence-corrected chi connectivity index (χ2v) is 16.2. The first-order valence-electron chi connectivity index (χ1n) is 19.3. The van der Waals surface area contributed by atoms with Gasteiger partial charge in [0.25, 0.3) is 0 Å². The Morgan fingerprint density at radius 3 is 1.84 bits per heavy atom. The maximum absolute atomic E-state index is 6.65. The topological polar surface area (TPSA) is 14.2 Å². The molecule has 0 amide bonds. The molecule has 0 bridgehead atoms. The highest BCUT2D eigenvalue weighted by Gasteiger charge is 2.51. The van der Waals surface area contributed by atoms with E-state index in [0.29, 0.717) is 0 Å². The van der Waals surface area contributed by atoms with E-state index in [4.69, 9.17) is 4.74 Å². The Balaban J connectivity index is 1.11. The quantitative estimate of drug-likeness (QED) is 0.173. The van der Waals surface area contributed by atoms with Crippen molar-refractivity contribution < 1.29 is 4.74 Å². The summed E-state index contributed by atoms with van der Waals surface area (Å²) in [6, 6.07) is 69.5. The summed E-state index contributed by atoms with van der Waals surface area (Å²) in [4.78, 5) is 0. The molecule has 2 nitrogen and oxygen atoms in total. The lowest BCUT2D eigenvalue weighted by Crippen LogP contribution is -2.32. The molecule has 260 valence electrons. The number of thiophene rings is 1. The number of hydrogen-bond donors (Lipinski definition) is 0. The first kappa shape index (κ1) is 30.4. The summed E-state index contributed by atoms with van der Waals surface area (Å²) < 4.78 is 11.8. The lowest BCUT2D eigenvalue weighted by molar-refractivity contribution is 0.436. The number of aromatic nitrogens is 1. The van der Waals surface area contributed by atoms with Gasteiger partial charge in [-0.25, -0.2) is 0 Å². The lowest BCUT2D eigenvalue weighted by Gasteiger charge is -2.39. The molecule has 0 radical (unpaired) electrons. The Morgan fingerprint density at radius 1 is 0.375 bits per heavy atom. The van der Waals surface area contributed by atoms with Crippen molar-refractivity contribution in [3.8, 4) is 39.4 Å². The van der Waals surface area contributed by atoms with Gasteiger partial charge < -0.3 is 9.30 Å². The molecule has 0 N–H and O–H groups in total. The van der Waals surface area contributed by atoms with Crippen LogP contribution in [0, 0.1) is 0 Å². The molecule has 0 unspecified atom stereocenters. The predicted molar refractivity (Wildman–Crippen MR) is 234 cm³/mol. The van der Waals surface area contributed by atoms with Gasteiger partial charge in [0.15, 0.2) is 0 Å². The second-order valence-electron chi connectivity index (χ2n) is 15.1. The second kappa shape index (κ2) is 11.1. The molecule has 0 saturated heterocycles. The maximum Gasteiger partial charge on any atom is 0.132 e. The van der Waals surface area contributed by atoms with Crippen molar-refractivity contribution in [3.63, 3.8) is 0 Å². The van der Waals surface area contributed by atoms with Crippen molar-refractivity contribution in [1.82, 2.24) is 4.57 Å². The highest BCUT2D eigenvalue weighted by atomic mass is 32.1. The van der Waals surface area contributed by atoms with E-state index < -0.39 is 5.41 Å². The van der Waals surface area contributed by atoms with Gasteiger partial charge in [0.1, 0.15) is 11.5 Å². The third-order valence-electron chi connectivity index (χ3n) is 12.5. The molecule has 3 heterocycles. The Bertz CT molecular complexity index is 3430. The fourth-order valence-corrected chi connectivity index (χ4v) is 11.3. The SMILES string of the molecule is c1ccc2c(c1)Oc1ccccc1C21c2ccccc2-c2cc3c4ccccc4n(-c4ccc(-c5ccc6sc7ccccc7c6c5)c5ccccc45)c3cc21. The number of nitrogens with zero attached hydrogens (tertiary/aromatic N) is 1. The maximum atomic E-state index is 6.65. The van der Waals surface area contributed by atoms with E-state index in [1.54, 1.807) is 0 Å². The highest BCUT2D eigenvalue weighted by Crippen LogP contribution is 2.62. The molecule has 11 aromatic rings. The van der Waals surface area contributed by atoms with Crippen LogP contribution in [-0.2, 0) is 5.41 Å². The molecular formula is C53H31NOS. The van der Waals surface area contributed by atoms with Gasteiger partial charge in [-0.1, -0.05) is 133 Å². The Labute approximate surface area is 327 Å². The van der Waals surface area contributed by atoms with Gasteiger partial charge in [-0.3, -0.25) is 0 Å². The van der Waals surface area contributed by atoms with Crippen molar-refractivity contribution in [2.24, 2.45) is 0 Å². The van der Waals surface area contributed by atoms with Crippen molar-refractivity contribution in [3.05, 3.63) is 210 Å². The molecule has 0 atom stereocenters. The van der Waals surface area contributed by atoms with Crippen molar-refractivity contribution >= 4 is 64.1 Å². The monoisotopic (exact) mass is 729 g/mol. The van der Waals surface area contributed by atoms with E-state index in [1.165, 1.54) is 103 Å². The van der Waals surface area contributed by atoms with Crippen LogP contribution in [0.15, 0.2) is 188 Å². The first-order chi connectivity index (χ1) is 27.8. The van der Waals surface area contributed by atoms with Crippen LogP contribution in [0.3, 0.4) is 0 Å². The standard InChI is InChI=1S/C53H31NOS/c1-2-15-36-34(13-1)33(32-25-28-52-41(29-32)38-17-5-12-24-51(38)56-52)26-27-47(36)54-46-21-9-4-16-37(46)40-30-39-35-14-3-6-18-42(35)53(45(39)31-48(40)54)43-19-7-10-22-49(43)55-50-23-11-8-20-44(50)53/h1-31H. The number of benzene rings is 9. The Hall–Kier alpha value is -6.94. The lowest BCUT2D eigenvalue weighted by atomic mass is 9.66. The van der Waals surface area contributed by atoms with E-state index in [9.17, 15) is 0 Å². The molecule has 0 saturated carbocycles. The van der Waals surface area contributed by atoms with Gasteiger partial charge in [0.05, 0.1) is 22.1 Å². The zero-order valence-corrected chi connectivity index (χ0v) is 31.0. The number of rotatable bonds is 2. The van der Waals surface area contributed by atoms with Crippen LogP contribution in [0.4, 0.5) is 0 Å². The summed E-state index contributed by atoms with van der Waals surface area (Å²) in [7, 11) is 0. The molecule has 2 aromatic heterocycles. The number of fused-ring (bicyclic) bond motifs is 16. The zero-order valence-electron chi connectivity index (χ0n) is 30.2. The van der Waals surface area contributed by atoms with Gasteiger partial charge in [-0.15, -0.1) is 11.3 Å². The summed E-state index contributed by atoms with van der Waals surface area (Å²) in [5.41, 5.74) is 13.0. The molecule has 2 aliphatic rings. The summed E-state index contributed by atoms with van der Waals surface area (Å²) in [6.45, 7) is 0. The minimum atomic E-state index is -0.538. The van der Waals surface area contributed by atoms with Crippen molar-refractivity contribution in [1.29, 1.82) is 0 Å². The molecule has 13 rings (SSSR count). The smallest absolute Gasteiger partial charge is 0.132 e. The molecule has 1 aliphatic carbocycles. The third kappa shape index (κ3) is 3.85. The van der Waals surface area contributed by atoms with E-state index in [2.05, 4.69) is 193 Å². The van der Waals surface area contributed by atoms with E-state index in [0.717, 1.165) is 11.5 Å². The molecule has 1 aliphatic heterocycles. The van der Waals surface area contributed by atoms with Crippen molar-refractivity contribution in [2.75, 3.05) is 0 Å². The summed E-state index contributed by atoms with van der Waals surface area (Å²) >= 11 is 1.87. The zero-order chi connectivity index (χ0) is 36.5. The minimum absolute atomic E-state index is 0.538. The number of para-hydroxylation sites is 3. The predicted octanol–water partition coefficient (Wildman–Crippen LogP) is 14.4. The number of ether oxygens (including phenoxy) is 1. The molecular weight excluding hydrogens is 699 g/mol. The molecule has 0 fully saturated rings. The highest BCUT2D eigenvalue weighted by molar-refractivity contribution is 7.25. The molecule has 1 spiro atoms. The van der Waals surface area contributed by atoms with Crippen LogP contribution >= 0.6 is 11.3 Å². The van der Waals surface area contributed by atoms with Crippen LogP contribution in [0.25, 0.3) is 80.7 Å². The Morgan fingerprint density at radius 2 is 1.02 bits per heavy atom. The van der Waals surface area contributed by atoms with E-state index in [-0.39, 0.29) is 0 Å². The summed E-state index contributed by atoms with van der Waals surface area (Å²) in [6.07, 6.45) is 0. The van der Waals surface area contributed by atoms with E-state index >= 15 is 0 Å². The van der Waals surface area contributed by atoms with Gasteiger partial charge in [0, 0.05) is 47.5 Å². The Kier molecular flexibility index (Phi) is 6.01. The summed E-state index contributed by atoms with van der Waals surface area (Å²) in [5.74, 6) is 1.81. The average Bonchev–Trinajstić information content (AvgIpc) is 3.89. The normalized spacial score (nSPS) is 13.6. The van der Waals surface area contributed by atoms with Gasteiger partial charge in [-0.2, -0.15) is 0 Å². The van der Waals surface area contributed by atoms with Gasteiger partial charge >= 0.3 is 0 Å². The van der Waals surface area contributed by atoms with Gasteiger partial charge in [-0.05, 0) is 93.4 Å². The van der Waals surface area contributed by atoms with Crippen LogP contribution in [0.5, 0.6) is 11.5 Å². The van der Waals surface area contributed by atoms with Crippen LogP contribution in [0.1, 0.15) is 22.3 Å². The minimum Gasteiger partial charge on any atom is -0.457 e. The molecule has 9 aromatic carbocycles. The number of hydrogen-bond acceptors (Lipinski definition) is 2. The molecule has 56 heavy (non-hydrogen) atoms. The van der Waals surface area contributed by atoms with Crippen LogP contribution in [-0.4, -0.2) is 4.57 Å². The third-order valence-corrected chi connectivity index (χ3v) is 13.6. The fourth-order valence-electron chi connectivity index (χ4n) is 10.2. The van der Waals surface area contributed by atoms with Crippen LogP contribution in [0.2, 0.25) is 0 Å². The van der Waals surface area contributed by atoms with Crippen molar-refractivity contribution in [2.45, 2.75) is 5.41 Å². The van der Waals surface area contributed by atoms with Crippen LogP contribution < -0.4 is 4.74 Å².